The minimum absolute atomic E-state index is 0.171. The van der Waals surface area contributed by atoms with Crippen molar-refractivity contribution in [3.8, 4) is 0 Å². The molecule has 1 rings (SSSR count). The van der Waals surface area contributed by atoms with Crippen LogP contribution in [0, 0.1) is 28.6 Å². The molecule has 0 amide bonds. The number of halogens is 3. The Morgan fingerprint density at radius 3 is 2.13 bits per heavy atom. The second-order valence-electron chi connectivity index (χ2n) is 8.57. The summed E-state index contributed by atoms with van der Waals surface area (Å²) in [4.78, 5) is 0. The molecule has 0 radical (unpaired) electrons. The molecule has 1 fully saturated rings. The van der Waals surface area contributed by atoms with Gasteiger partial charge in [0.1, 0.15) is 0 Å². The molecule has 0 aliphatic heterocycles. The largest absolute Gasteiger partial charge is 0.389 e. The molecule has 0 saturated heterocycles. The Labute approximate surface area is 139 Å². The Morgan fingerprint density at radius 1 is 1.04 bits per heavy atom. The van der Waals surface area contributed by atoms with Crippen LogP contribution in [0.4, 0.5) is 13.2 Å². The molecule has 0 bridgehead atoms. The van der Waals surface area contributed by atoms with E-state index in [2.05, 4.69) is 27.7 Å². The molecule has 0 spiro atoms. The Hall–Kier alpha value is -0.540. The van der Waals surface area contributed by atoms with Crippen LogP contribution in [-0.4, -0.2) is 11.9 Å². The third-order valence-corrected chi connectivity index (χ3v) is 5.24. The van der Waals surface area contributed by atoms with Crippen LogP contribution in [0.15, 0.2) is 0 Å². The summed E-state index contributed by atoms with van der Waals surface area (Å²) in [5.41, 5.74) is 0.607. The van der Waals surface area contributed by atoms with Crippen molar-refractivity contribution in [2.75, 3.05) is 0 Å². The van der Waals surface area contributed by atoms with E-state index in [1.807, 2.05) is 0 Å². The number of unbranched alkanes of at least 4 members (excludes halogenated alkanes) is 1. The van der Waals surface area contributed by atoms with Gasteiger partial charge in [0.25, 0.3) is 0 Å². The maximum atomic E-state index is 12.5. The molecule has 0 aromatic heterocycles. The lowest BCUT2D eigenvalue weighted by Gasteiger charge is -2.29. The predicted octanol–water partition coefficient (Wildman–Crippen LogP) is 7.01. The summed E-state index contributed by atoms with van der Waals surface area (Å²) in [6.07, 6.45) is 2.73. The van der Waals surface area contributed by atoms with Crippen LogP contribution < -0.4 is 0 Å². The van der Waals surface area contributed by atoms with Gasteiger partial charge in [0, 0.05) is 17.5 Å². The van der Waals surface area contributed by atoms with E-state index >= 15 is 0 Å². The van der Waals surface area contributed by atoms with Crippen LogP contribution in [0.2, 0.25) is 0 Å². The predicted molar refractivity (Wildman–Crippen MR) is 90.9 cm³/mol. The Bertz CT molecular complexity index is 371. The minimum atomic E-state index is -4.03. The van der Waals surface area contributed by atoms with Gasteiger partial charge < -0.3 is 5.41 Å². The second kappa shape index (κ2) is 8.53. The molecule has 23 heavy (non-hydrogen) atoms. The molecule has 2 atom stereocenters. The molecular weight excluding hydrogens is 299 g/mol. The Morgan fingerprint density at radius 2 is 1.61 bits per heavy atom. The highest BCUT2D eigenvalue weighted by Gasteiger charge is 2.38. The standard InChI is InChI=1S/C19H34F3N/c1-14(2)7-5-6-8-17(23)18(3,4)12-15-9-10-16(11-15)13-19(20,21)22/h14-16,23H,5-13H2,1-4H3/t15-,16+/m1/s1. The summed E-state index contributed by atoms with van der Waals surface area (Å²) in [6.45, 7) is 8.61. The van der Waals surface area contributed by atoms with E-state index in [0.717, 1.165) is 37.8 Å². The number of hydrogen-bond acceptors (Lipinski definition) is 1. The average Bonchev–Trinajstić information content (AvgIpc) is 2.78. The summed E-state index contributed by atoms with van der Waals surface area (Å²) in [5.74, 6) is 0.866. The van der Waals surface area contributed by atoms with E-state index in [-0.39, 0.29) is 11.3 Å². The topological polar surface area (TPSA) is 23.9 Å². The van der Waals surface area contributed by atoms with E-state index in [1.54, 1.807) is 0 Å². The molecule has 1 aliphatic carbocycles. The van der Waals surface area contributed by atoms with Crippen molar-refractivity contribution in [3.05, 3.63) is 0 Å². The van der Waals surface area contributed by atoms with Crippen LogP contribution in [-0.2, 0) is 0 Å². The van der Waals surface area contributed by atoms with Gasteiger partial charge in [0.15, 0.2) is 0 Å². The highest BCUT2D eigenvalue weighted by molar-refractivity contribution is 5.86. The fourth-order valence-electron chi connectivity index (χ4n) is 3.91. The first kappa shape index (κ1) is 20.5. The quantitative estimate of drug-likeness (QED) is 0.347. The van der Waals surface area contributed by atoms with E-state index < -0.39 is 12.6 Å². The highest BCUT2D eigenvalue weighted by Crippen LogP contribution is 2.43. The maximum Gasteiger partial charge on any atom is 0.389 e. The van der Waals surface area contributed by atoms with Gasteiger partial charge in [-0.25, -0.2) is 0 Å². The summed E-state index contributed by atoms with van der Waals surface area (Å²) in [6, 6.07) is 0. The third-order valence-electron chi connectivity index (χ3n) is 5.24. The monoisotopic (exact) mass is 333 g/mol. The summed E-state index contributed by atoms with van der Waals surface area (Å²) in [5, 5.41) is 8.36. The van der Waals surface area contributed by atoms with Gasteiger partial charge in [0.05, 0.1) is 0 Å². The van der Waals surface area contributed by atoms with Crippen molar-refractivity contribution in [1.82, 2.24) is 0 Å². The number of nitrogens with one attached hydrogen (secondary N) is 1. The van der Waals surface area contributed by atoms with Crippen LogP contribution in [0.1, 0.15) is 85.5 Å². The van der Waals surface area contributed by atoms with Gasteiger partial charge >= 0.3 is 6.18 Å². The van der Waals surface area contributed by atoms with Gasteiger partial charge in [-0.05, 0) is 49.9 Å². The molecule has 0 unspecified atom stereocenters. The fourth-order valence-corrected chi connectivity index (χ4v) is 3.91. The molecule has 1 saturated carbocycles. The normalized spacial score (nSPS) is 22.8. The molecular formula is C19H34F3N. The number of rotatable bonds is 9. The number of alkyl halides is 3. The zero-order valence-corrected chi connectivity index (χ0v) is 15.2. The van der Waals surface area contributed by atoms with Crippen molar-refractivity contribution in [2.45, 2.75) is 91.7 Å². The van der Waals surface area contributed by atoms with Gasteiger partial charge in [0.2, 0.25) is 0 Å². The molecule has 0 aromatic carbocycles. The summed E-state index contributed by atoms with van der Waals surface area (Å²) >= 11 is 0. The lowest BCUT2D eigenvalue weighted by molar-refractivity contribution is -0.144. The zero-order chi connectivity index (χ0) is 17.7. The molecule has 1 nitrogen and oxygen atoms in total. The smallest absolute Gasteiger partial charge is 0.309 e. The van der Waals surface area contributed by atoms with E-state index in [9.17, 15) is 13.2 Å². The molecule has 1 aliphatic rings. The molecule has 4 heteroatoms. The van der Waals surface area contributed by atoms with Crippen LogP contribution in [0.25, 0.3) is 0 Å². The highest BCUT2D eigenvalue weighted by atomic mass is 19.4. The molecule has 136 valence electrons. The van der Waals surface area contributed by atoms with Crippen molar-refractivity contribution in [2.24, 2.45) is 23.2 Å². The van der Waals surface area contributed by atoms with Crippen LogP contribution in [0.3, 0.4) is 0 Å². The van der Waals surface area contributed by atoms with Gasteiger partial charge in [-0.3, -0.25) is 0 Å². The van der Waals surface area contributed by atoms with Crippen molar-refractivity contribution < 1.29 is 13.2 Å². The van der Waals surface area contributed by atoms with Gasteiger partial charge in [-0.15, -0.1) is 0 Å². The van der Waals surface area contributed by atoms with Crippen molar-refractivity contribution in [3.63, 3.8) is 0 Å². The fraction of sp³-hybridized carbons (Fsp3) is 0.947. The first-order chi connectivity index (χ1) is 10.5. The lowest BCUT2D eigenvalue weighted by atomic mass is 9.76. The van der Waals surface area contributed by atoms with Gasteiger partial charge in [-0.1, -0.05) is 47.0 Å². The van der Waals surface area contributed by atoms with E-state index in [4.69, 9.17) is 5.41 Å². The molecule has 0 heterocycles. The molecule has 0 aromatic rings. The summed E-state index contributed by atoms with van der Waals surface area (Å²) in [7, 11) is 0. The SMILES string of the molecule is CC(C)CCCCC(=N)C(C)(C)C[C@@H]1CC[C@H](CC(F)(F)F)C1. The first-order valence-electron chi connectivity index (χ1n) is 9.14. The molecule has 1 N–H and O–H groups in total. The second-order valence-corrected chi connectivity index (χ2v) is 8.57. The lowest BCUT2D eigenvalue weighted by Crippen LogP contribution is -2.26. The third kappa shape index (κ3) is 8.21. The van der Waals surface area contributed by atoms with Crippen molar-refractivity contribution in [1.29, 1.82) is 5.41 Å². The number of hydrogen-bond donors (Lipinski definition) is 1. The zero-order valence-electron chi connectivity index (χ0n) is 15.2. The maximum absolute atomic E-state index is 12.5. The van der Waals surface area contributed by atoms with E-state index in [0.29, 0.717) is 24.7 Å². The van der Waals surface area contributed by atoms with Crippen LogP contribution in [0.5, 0.6) is 0 Å². The van der Waals surface area contributed by atoms with E-state index in [1.165, 1.54) is 6.42 Å². The van der Waals surface area contributed by atoms with Crippen molar-refractivity contribution >= 4 is 5.71 Å². The summed E-state index contributed by atoms with van der Waals surface area (Å²) < 4.78 is 37.5. The van der Waals surface area contributed by atoms with Gasteiger partial charge in [-0.2, -0.15) is 13.2 Å². The van der Waals surface area contributed by atoms with Crippen LogP contribution >= 0.6 is 0 Å². The average molecular weight is 333 g/mol. The minimum Gasteiger partial charge on any atom is -0.309 e. The first-order valence-corrected chi connectivity index (χ1v) is 9.14. The Kier molecular flexibility index (Phi) is 7.60. The Balaban J connectivity index is 2.35.